The minimum Gasteiger partial charge on any atom is -0.337 e. The monoisotopic (exact) mass is 279 g/mol. The normalized spacial score (nSPS) is 39.4. The Balaban J connectivity index is 1.64. The molecule has 1 amide bonds. The van der Waals surface area contributed by atoms with Gasteiger partial charge in [-0.25, -0.2) is 0 Å². The lowest BCUT2D eigenvalue weighted by Crippen LogP contribution is -2.61. The summed E-state index contributed by atoms with van der Waals surface area (Å²) in [6.07, 6.45) is 5.00. The van der Waals surface area contributed by atoms with Crippen molar-refractivity contribution in [3.05, 3.63) is 0 Å². The van der Waals surface area contributed by atoms with E-state index in [4.69, 9.17) is 0 Å². The molecule has 0 saturated carbocycles. The van der Waals surface area contributed by atoms with Crippen LogP contribution in [0.25, 0.3) is 0 Å². The van der Waals surface area contributed by atoms with E-state index in [-0.39, 0.29) is 5.92 Å². The van der Waals surface area contributed by atoms with Gasteiger partial charge in [0.25, 0.3) is 0 Å². The molecule has 3 fully saturated rings. The molecule has 0 aromatic rings. The third-order valence-electron chi connectivity index (χ3n) is 5.39. The van der Waals surface area contributed by atoms with Gasteiger partial charge in [0.2, 0.25) is 5.91 Å². The molecule has 4 nitrogen and oxygen atoms in total. The molecule has 0 aromatic carbocycles. The number of rotatable bonds is 1. The fourth-order valence-corrected chi connectivity index (χ4v) is 4.24. The van der Waals surface area contributed by atoms with Crippen molar-refractivity contribution in [3.8, 4) is 0 Å². The van der Waals surface area contributed by atoms with Crippen molar-refractivity contribution in [2.45, 2.75) is 51.6 Å². The predicted molar refractivity (Wildman–Crippen MR) is 80.5 cm³/mol. The van der Waals surface area contributed by atoms with E-state index in [1.807, 2.05) is 0 Å². The minimum absolute atomic E-state index is 0.205. The van der Waals surface area contributed by atoms with Crippen molar-refractivity contribution in [1.29, 1.82) is 0 Å². The third kappa shape index (κ3) is 2.86. The number of piperidine rings is 2. The molecule has 0 aromatic heterocycles. The average Bonchev–Trinajstić information content (AvgIpc) is 2.46. The van der Waals surface area contributed by atoms with Gasteiger partial charge in [-0.1, -0.05) is 13.3 Å². The molecular formula is C16H29N3O. The standard InChI is InChI=1S/C16H29N3O/c1-12-7-14(9-17-8-12)16(20)19-11-15-5-3-4-6-18(15)10-13(19)2/h12-15,17H,3-11H2,1-2H3. The Morgan fingerprint density at radius 2 is 2.00 bits per heavy atom. The summed E-state index contributed by atoms with van der Waals surface area (Å²) in [5.74, 6) is 1.24. The Morgan fingerprint density at radius 3 is 2.80 bits per heavy atom. The number of nitrogens with one attached hydrogen (secondary N) is 1. The Labute approximate surface area is 122 Å². The van der Waals surface area contributed by atoms with Crippen molar-refractivity contribution in [2.24, 2.45) is 11.8 Å². The second-order valence-electron chi connectivity index (χ2n) is 7.18. The fraction of sp³-hybridized carbons (Fsp3) is 0.938. The second-order valence-corrected chi connectivity index (χ2v) is 7.18. The smallest absolute Gasteiger partial charge is 0.227 e. The van der Waals surface area contributed by atoms with Gasteiger partial charge in [0.1, 0.15) is 0 Å². The van der Waals surface area contributed by atoms with E-state index in [1.165, 1.54) is 25.8 Å². The van der Waals surface area contributed by atoms with Crippen LogP contribution in [-0.2, 0) is 4.79 Å². The zero-order chi connectivity index (χ0) is 14.1. The molecule has 3 aliphatic rings. The van der Waals surface area contributed by atoms with E-state index in [0.29, 0.717) is 23.9 Å². The first kappa shape index (κ1) is 14.3. The molecule has 20 heavy (non-hydrogen) atoms. The molecule has 4 unspecified atom stereocenters. The lowest BCUT2D eigenvalue weighted by Gasteiger charge is -2.48. The zero-order valence-electron chi connectivity index (χ0n) is 13.0. The lowest BCUT2D eigenvalue weighted by atomic mass is 9.89. The van der Waals surface area contributed by atoms with Gasteiger partial charge < -0.3 is 10.2 Å². The van der Waals surface area contributed by atoms with Crippen LogP contribution in [0.2, 0.25) is 0 Å². The maximum Gasteiger partial charge on any atom is 0.227 e. The van der Waals surface area contributed by atoms with Crippen molar-refractivity contribution < 1.29 is 4.79 Å². The maximum absolute atomic E-state index is 12.9. The van der Waals surface area contributed by atoms with Crippen LogP contribution in [0, 0.1) is 11.8 Å². The van der Waals surface area contributed by atoms with Crippen molar-refractivity contribution >= 4 is 5.91 Å². The summed E-state index contributed by atoms with van der Waals surface area (Å²) in [7, 11) is 0. The van der Waals surface area contributed by atoms with Gasteiger partial charge in [0, 0.05) is 31.7 Å². The molecule has 1 N–H and O–H groups in total. The molecule has 114 valence electrons. The SMILES string of the molecule is CC1CNCC(C(=O)N2CC3CCCCN3CC2C)C1. The molecule has 4 heteroatoms. The predicted octanol–water partition coefficient (Wildman–Crippen LogP) is 1.32. The molecule has 3 aliphatic heterocycles. The highest BCUT2D eigenvalue weighted by molar-refractivity contribution is 5.79. The molecule has 0 aliphatic carbocycles. The van der Waals surface area contributed by atoms with E-state index in [1.54, 1.807) is 0 Å². The summed E-state index contributed by atoms with van der Waals surface area (Å²) in [5, 5.41) is 3.42. The van der Waals surface area contributed by atoms with Crippen LogP contribution < -0.4 is 5.32 Å². The Kier molecular flexibility index (Phi) is 4.32. The Morgan fingerprint density at radius 1 is 1.15 bits per heavy atom. The van der Waals surface area contributed by atoms with E-state index in [2.05, 4.69) is 29.0 Å². The van der Waals surface area contributed by atoms with Gasteiger partial charge in [-0.05, 0) is 45.2 Å². The van der Waals surface area contributed by atoms with Gasteiger partial charge in [-0.15, -0.1) is 0 Å². The molecule has 0 bridgehead atoms. The van der Waals surface area contributed by atoms with Crippen LogP contribution >= 0.6 is 0 Å². The van der Waals surface area contributed by atoms with Gasteiger partial charge in [0.05, 0.1) is 5.92 Å². The summed E-state index contributed by atoms with van der Waals surface area (Å²) >= 11 is 0. The Hall–Kier alpha value is -0.610. The van der Waals surface area contributed by atoms with Crippen LogP contribution in [0.3, 0.4) is 0 Å². The van der Waals surface area contributed by atoms with E-state index < -0.39 is 0 Å². The summed E-state index contributed by atoms with van der Waals surface area (Å²) < 4.78 is 0. The largest absolute Gasteiger partial charge is 0.337 e. The van der Waals surface area contributed by atoms with Crippen molar-refractivity contribution in [3.63, 3.8) is 0 Å². The number of piperazine rings is 1. The second kappa shape index (κ2) is 6.02. The molecule has 0 radical (unpaired) electrons. The highest BCUT2D eigenvalue weighted by atomic mass is 16.2. The Bertz CT molecular complexity index is 360. The number of carbonyl (C=O) groups is 1. The summed E-state index contributed by atoms with van der Waals surface area (Å²) in [6, 6.07) is 1.01. The minimum atomic E-state index is 0.205. The average molecular weight is 279 g/mol. The highest BCUT2D eigenvalue weighted by Gasteiger charge is 2.38. The zero-order valence-corrected chi connectivity index (χ0v) is 13.0. The number of hydrogen-bond donors (Lipinski definition) is 1. The fourth-order valence-electron chi connectivity index (χ4n) is 4.24. The topological polar surface area (TPSA) is 35.6 Å². The summed E-state index contributed by atoms with van der Waals surface area (Å²) in [5.41, 5.74) is 0. The maximum atomic E-state index is 12.9. The van der Waals surface area contributed by atoms with Gasteiger partial charge in [-0.3, -0.25) is 9.69 Å². The third-order valence-corrected chi connectivity index (χ3v) is 5.39. The number of carbonyl (C=O) groups excluding carboxylic acids is 1. The van der Waals surface area contributed by atoms with Crippen LogP contribution in [0.5, 0.6) is 0 Å². The summed E-state index contributed by atoms with van der Waals surface area (Å²) in [6.45, 7) is 9.68. The first-order chi connectivity index (χ1) is 9.65. The summed E-state index contributed by atoms with van der Waals surface area (Å²) in [4.78, 5) is 17.7. The first-order valence-corrected chi connectivity index (χ1v) is 8.40. The molecule has 0 spiro atoms. The van der Waals surface area contributed by atoms with Gasteiger partial charge >= 0.3 is 0 Å². The highest BCUT2D eigenvalue weighted by Crippen LogP contribution is 2.27. The van der Waals surface area contributed by atoms with Crippen LogP contribution in [-0.4, -0.2) is 60.5 Å². The lowest BCUT2D eigenvalue weighted by molar-refractivity contribution is -0.143. The molecule has 4 atom stereocenters. The molecular weight excluding hydrogens is 250 g/mol. The van der Waals surface area contributed by atoms with Crippen molar-refractivity contribution in [2.75, 3.05) is 32.7 Å². The number of fused-ring (bicyclic) bond motifs is 1. The van der Waals surface area contributed by atoms with E-state index in [9.17, 15) is 4.79 Å². The van der Waals surface area contributed by atoms with E-state index in [0.717, 1.165) is 32.6 Å². The van der Waals surface area contributed by atoms with Crippen LogP contribution in [0.15, 0.2) is 0 Å². The number of nitrogens with zero attached hydrogens (tertiary/aromatic N) is 2. The van der Waals surface area contributed by atoms with Gasteiger partial charge in [-0.2, -0.15) is 0 Å². The van der Waals surface area contributed by atoms with Crippen molar-refractivity contribution in [1.82, 2.24) is 15.1 Å². The van der Waals surface area contributed by atoms with Crippen LogP contribution in [0.4, 0.5) is 0 Å². The molecule has 3 saturated heterocycles. The molecule has 3 rings (SSSR count). The van der Waals surface area contributed by atoms with Gasteiger partial charge in [0.15, 0.2) is 0 Å². The van der Waals surface area contributed by atoms with Crippen LogP contribution in [0.1, 0.15) is 39.5 Å². The van der Waals surface area contributed by atoms with E-state index >= 15 is 0 Å². The quantitative estimate of drug-likeness (QED) is 0.786. The number of hydrogen-bond acceptors (Lipinski definition) is 3. The number of amides is 1. The molecule has 3 heterocycles. The first-order valence-electron chi connectivity index (χ1n) is 8.40.